The summed E-state index contributed by atoms with van der Waals surface area (Å²) in [6.07, 6.45) is 3.75. The van der Waals surface area contributed by atoms with E-state index in [1.165, 1.54) is 19.3 Å². The van der Waals surface area contributed by atoms with Crippen LogP contribution in [0.4, 0.5) is 0 Å². The van der Waals surface area contributed by atoms with Gasteiger partial charge in [-0.2, -0.15) is 11.8 Å². The quantitative estimate of drug-likeness (QED) is 0.735. The number of rotatable bonds is 3. The predicted molar refractivity (Wildman–Crippen MR) is 55.6 cm³/mol. The highest BCUT2D eigenvalue weighted by molar-refractivity contribution is 8.00. The van der Waals surface area contributed by atoms with Crippen molar-refractivity contribution >= 4 is 11.8 Å². The van der Waals surface area contributed by atoms with Gasteiger partial charge in [0.05, 0.1) is 6.10 Å². The van der Waals surface area contributed by atoms with Crippen molar-refractivity contribution in [1.82, 2.24) is 0 Å². The van der Waals surface area contributed by atoms with Crippen LogP contribution in [0.1, 0.15) is 40.0 Å². The highest BCUT2D eigenvalue weighted by atomic mass is 32.2. The van der Waals surface area contributed by atoms with Gasteiger partial charge < -0.3 is 5.11 Å². The Hall–Kier alpha value is 0.310. The minimum atomic E-state index is -0.0528. The summed E-state index contributed by atoms with van der Waals surface area (Å²) < 4.78 is 0.296. The summed E-state index contributed by atoms with van der Waals surface area (Å²) in [6, 6.07) is 0. The van der Waals surface area contributed by atoms with Crippen molar-refractivity contribution in [2.24, 2.45) is 5.92 Å². The molecule has 0 bridgehead atoms. The normalized spacial score (nSPS) is 22.0. The average molecular weight is 188 g/mol. The fourth-order valence-electron chi connectivity index (χ4n) is 1.30. The molecule has 1 unspecified atom stereocenters. The minimum absolute atomic E-state index is 0.0528. The Balaban J connectivity index is 2.13. The first kappa shape index (κ1) is 10.4. The van der Waals surface area contributed by atoms with Gasteiger partial charge in [-0.25, -0.2) is 0 Å². The summed E-state index contributed by atoms with van der Waals surface area (Å²) in [6.45, 7) is 6.60. The summed E-state index contributed by atoms with van der Waals surface area (Å²) in [5.41, 5.74) is 0. The van der Waals surface area contributed by atoms with E-state index in [0.29, 0.717) is 10.7 Å². The third-order valence-electron chi connectivity index (χ3n) is 2.38. The maximum atomic E-state index is 9.71. The molecule has 1 nitrogen and oxygen atoms in total. The molecule has 1 aliphatic rings. The molecule has 0 radical (unpaired) electrons. The van der Waals surface area contributed by atoms with Crippen molar-refractivity contribution in [2.45, 2.75) is 50.9 Å². The van der Waals surface area contributed by atoms with E-state index in [-0.39, 0.29) is 6.10 Å². The maximum absolute atomic E-state index is 9.71. The van der Waals surface area contributed by atoms with E-state index in [4.69, 9.17) is 0 Å². The summed E-state index contributed by atoms with van der Waals surface area (Å²) in [5, 5.41) is 9.71. The van der Waals surface area contributed by atoms with E-state index in [2.05, 4.69) is 20.8 Å². The third kappa shape index (κ3) is 3.36. The van der Waals surface area contributed by atoms with Gasteiger partial charge in [0.1, 0.15) is 0 Å². The molecule has 1 N–H and O–H groups in total. The van der Waals surface area contributed by atoms with Crippen LogP contribution in [-0.2, 0) is 0 Å². The van der Waals surface area contributed by atoms with Crippen molar-refractivity contribution in [3.8, 4) is 0 Å². The molecular formula is C10H20OS. The zero-order valence-electron chi connectivity index (χ0n) is 8.34. The molecule has 72 valence electrons. The van der Waals surface area contributed by atoms with E-state index in [9.17, 15) is 5.11 Å². The van der Waals surface area contributed by atoms with Gasteiger partial charge in [-0.1, -0.05) is 27.2 Å². The second kappa shape index (κ2) is 4.01. The van der Waals surface area contributed by atoms with Crippen LogP contribution in [-0.4, -0.2) is 21.7 Å². The molecule has 0 aromatic rings. The second-order valence-corrected chi connectivity index (χ2v) is 6.53. The summed E-state index contributed by atoms with van der Waals surface area (Å²) in [4.78, 5) is 0. The van der Waals surface area contributed by atoms with Crippen molar-refractivity contribution in [2.75, 3.05) is 5.75 Å². The molecular weight excluding hydrogens is 168 g/mol. The average Bonchev–Trinajstić information content (AvgIpc) is 1.78. The third-order valence-corrected chi connectivity index (χ3v) is 3.76. The zero-order valence-corrected chi connectivity index (χ0v) is 9.16. The predicted octanol–water partition coefficient (Wildman–Crippen LogP) is 2.68. The van der Waals surface area contributed by atoms with Crippen LogP contribution in [0.3, 0.4) is 0 Å². The fourth-order valence-corrected chi connectivity index (χ4v) is 2.24. The smallest absolute Gasteiger partial charge is 0.0658 e. The van der Waals surface area contributed by atoms with Crippen LogP contribution in [0.5, 0.6) is 0 Å². The van der Waals surface area contributed by atoms with Crippen LogP contribution in [0.15, 0.2) is 0 Å². The molecule has 0 amide bonds. The van der Waals surface area contributed by atoms with Crippen LogP contribution in [0, 0.1) is 5.92 Å². The van der Waals surface area contributed by atoms with Gasteiger partial charge in [0, 0.05) is 10.5 Å². The first-order valence-electron chi connectivity index (χ1n) is 4.81. The van der Waals surface area contributed by atoms with E-state index < -0.39 is 0 Å². The highest BCUT2D eigenvalue weighted by Crippen LogP contribution is 2.33. The summed E-state index contributed by atoms with van der Waals surface area (Å²) >= 11 is 1.87. The van der Waals surface area contributed by atoms with Gasteiger partial charge in [0.15, 0.2) is 0 Å². The fraction of sp³-hybridized carbons (Fsp3) is 1.00. The number of hydrogen-bond acceptors (Lipinski definition) is 2. The first-order valence-corrected chi connectivity index (χ1v) is 5.79. The number of aliphatic hydroxyl groups is 1. The number of thioether (sulfide) groups is 1. The Bertz CT molecular complexity index is 135. The van der Waals surface area contributed by atoms with E-state index >= 15 is 0 Å². The molecule has 2 heteroatoms. The van der Waals surface area contributed by atoms with Crippen molar-refractivity contribution in [3.05, 3.63) is 0 Å². The Labute approximate surface area is 79.9 Å². The molecule has 1 rings (SSSR count). The van der Waals surface area contributed by atoms with Crippen LogP contribution in [0.2, 0.25) is 0 Å². The second-order valence-electron chi connectivity index (χ2n) is 4.68. The molecule has 0 heterocycles. The zero-order chi connectivity index (χ0) is 9.19. The first-order chi connectivity index (χ1) is 5.49. The Morgan fingerprint density at radius 2 is 2.00 bits per heavy atom. The number of aliphatic hydroxyl groups excluding tert-OH is 1. The van der Waals surface area contributed by atoms with Gasteiger partial charge >= 0.3 is 0 Å². The molecule has 1 aliphatic carbocycles. The molecule has 0 saturated heterocycles. The molecule has 0 aromatic heterocycles. The van der Waals surface area contributed by atoms with Crippen molar-refractivity contribution in [1.29, 1.82) is 0 Å². The molecule has 1 saturated carbocycles. The molecule has 1 fully saturated rings. The van der Waals surface area contributed by atoms with Crippen molar-refractivity contribution in [3.63, 3.8) is 0 Å². The molecule has 1 atom stereocenters. The number of hydrogen-bond donors (Lipinski definition) is 1. The summed E-state index contributed by atoms with van der Waals surface area (Å²) in [7, 11) is 0. The van der Waals surface area contributed by atoms with Gasteiger partial charge in [-0.15, -0.1) is 0 Å². The van der Waals surface area contributed by atoms with Gasteiger partial charge in [0.25, 0.3) is 0 Å². The lowest BCUT2D eigenvalue weighted by molar-refractivity contribution is 0.0815. The molecule has 0 spiro atoms. The highest BCUT2D eigenvalue weighted by Gasteiger charge is 2.26. The van der Waals surface area contributed by atoms with Crippen LogP contribution < -0.4 is 0 Å². The lowest BCUT2D eigenvalue weighted by atomic mass is 9.82. The SMILES string of the molecule is CC(C)(C)SCC(O)C1CCC1. The lowest BCUT2D eigenvalue weighted by Gasteiger charge is -2.31. The Morgan fingerprint density at radius 3 is 2.33 bits per heavy atom. The Kier molecular flexibility index (Phi) is 3.47. The molecule has 0 aromatic carbocycles. The van der Waals surface area contributed by atoms with Crippen LogP contribution in [0.25, 0.3) is 0 Å². The lowest BCUT2D eigenvalue weighted by Crippen LogP contribution is -2.30. The van der Waals surface area contributed by atoms with Gasteiger partial charge in [-0.3, -0.25) is 0 Å². The molecule has 0 aliphatic heterocycles. The van der Waals surface area contributed by atoms with E-state index in [1.807, 2.05) is 11.8 Å². The van der Waals surface area contributed by atoms with Gasteiger partial charge in [-0.05, 0) is 18.8 Å². The maximum Gasteiger partial charge on any atom is 0.0658 e. The largest absolute Gasteiger partial charge is 0.392 e. The molecule has 12 heavy (non-hydrogen) atoms. The van der Waals surface area contributed by atoms with E-state index in [1.54, 1.807) is 0 Å². The topological polar surface area (TPSA) is 20.2 Å². The monoisotopic (exact) mass is 188 g/mol. The van der Waals surface area contributed by atoms with E-state index in [0.717, 1.165) is 5.75 Å². The standard InChI is InChI=1S/C10H20OS/c1-10(2,3)12-7-9(11)8-5-4-6-8/h8-9,11H,4-7H2,1-3H3. The van der Waals surface area contributed by atoms with Gasteiger partial charge in [0.2, 0.25) is 0 Å². The van der Waals surface area contributed by atoms with Crippen molar-refractivity contribution < 1.29 is 5.11 Å². The summed E-state index contributed by atoms with van der Waals surface area (Å²) in [5.74, 6) is 1.52. The Morgan fingerprint density at radius 1 is 1.42 bits per heavy atom. The minimum Gasteiger partial charge on any atom is -0.392 e. The van der Waals surface area contributed by atoms with Crippen LogP contribution >= 0.6 is 11.8 Å².